The number of benzene rings is 1. The summed E-state index contributed by atoms with van der Waals surface area (Å²) < 4.78 is 62.9. The molecule has 0 heterocycles. The molecule has 0 fully saturated rings. The zero-order valence-corrected chi connectivity index (χ0v) is 10.1. The van der Waals surface area contributed by atoms with Crippen molar-refractivity contribution in [1.29, 1.82) is 0 Å². The number of aliphatic hydroxyl groups is 1. The van der Waals surface area contributed by atoms with E-state index in [9.17, 15) is 26.7 Å². The summed E-state index contributed by atoms with van der Waals surface area (Å²) in [5.41, 5.74) is -0.980. The molecule has 0 amide bonds. The van der Waals surface area contributed by atoms with Crippen LogP contribution in [0.3, 0.4) is 0 Å². The number of hydrogen-bond acceptors (Lipinski definition) is 4. The molecule has 0 aliphatic rings. The van der Waals surface area contributed by atoms with Gasteiger partial charge >= 0.3 is 6.18 Å². The van der Waals surface area contributed by atoms with E-state index in [0.717, 1.165) is 24.5 Å². The zero-order valence-electron chi connectivity index (χ0n) is 9.31. The van der Waals surface area contributed by atoms with E-state index in [2.05, 4.69) is 4.18 Å². The van der Waals surface area contributed by atoms with E-state index in [-0.39, 0.29) is 5.56 Å². The van der Waals surface area contributed by atoms with Gasteiger partial charge in [-0.2, -0.15) is 21.6 Å². The SMILES string of the molecule is CS(=O)(=O)OC[C@H](O)c1cccc(C(F)(F)F)c1. The van der Waals surface area contributed by atoms with E-state index in [0.29, 0.717) is 0 Å². The highest BCUT2D eigenvalue weighted by Gasteiger charge is 2.30. The standard InChI is InChI=1S/C10H11F3O4S/c1-18(15,16)17-6-9(14)7-3-2-4-8(5-7)10(11,12)13/h2-5,9,14H,6H2,1H3/t9-/m0/s1. The summed E-state index contributed by atoms with van der Waals surface area (Å²) in [5, 5.41) is 9.52. The summed E-state index contributed by atoms with van der Waals surface area (Å²) in [5.74, 6) is 0. The van der Waals surface area contributed by atoms with Gasteiger partial charge in [0.25, 0.3) is 10.1 Å². The first-order valence-corrected chi connectivity index (χ1v) is 6.61. The Morgan fingerprint density at radius 2 is 2.00 bits per heavy atom. The Morgan fingerprint density at radius 1 is 1.39 bits per heavy atom. The minimum atomic E-state index is -4.52. The lowest BCUT2D eigenvalue weighted by Crippen LogP contribution is -2.13. The number of rotatable bonds is 4. The van der Waals surface area contributed by atoms with Crippen molar-refractivity contribution < 1.29 is 30.9 Å². The van der Waals surface area contributed by atoms with Crippen molar-refractivity contribution in [2.45, 2.75) is 12.3 Å². The van der Waals surface area contributed by atoms with Crippen LogP contribution in [0.2, 0.25) is 0 Å². The molecule has 8 heteroatoms. The van der Waals surface area contributed by atoms with E-state index in [1.54, 1.807) is 0 Å². The Morgan fingerprint density at radius 3 is 2.50 bits per heavy atom. The van der Waals surface area contributed by atoms with Crippen molar-refractivity contribution in [3.8, 4) is 0 Å². The zero-order chi connectivity index (χ0) is 14.0. The molecular formula is C10H11F3O4S. The third-order valence-electron chi connectivity index (χ3n) is 2.04. The van der Waals surface area contributed by atoms with Gasteiger partial charge in [-0.15, -0.1) is 0 Å². The molecule has 0 bridgehead atoms. The second-order valence-electron chi connectivity index (χ2n) is 3.63. The number of alkyl halides is 3. The summed E-state index contributed by atoms with van der Waals surface area (Å²) in [6.07, 6.45) is -5.18. The molecule has 0 saturated heterocycles. The van der Waals surface area contributed by atoms with Gasteiger partial charge in [0.2, 0.25) is 0 Å². The summed E-state index contributed by atoms with van der Waals surface area (Å²) in [6.45, 7) is -0.625. The van der Waals surface area contributed by atoms with Crippen LogP contribution in [0.15, 0.2) is 24.3 Å². The van der Waals surface area contributed by atoms with Crippen molar-refractivity contribution in [3.05, 3.63) is 35.4 Å². The van der Waals surface area contributed by atoms with Crippen molar-refractivity contribution >= 4 is 10.1 Å². The largest absolute Gasteiger partial charge is 0.416 e. The molecule has 4 nitrogen and oxygen atoms in total. The maximum atomic E-state index is 12.4. The average molecular weight is 284 g/mol. The lowest BCUT2D eigenvalue weighted by molar-refractivity contribution is -0.137. The molecule has 0 saturated carbocycles. The summed E-state index contributed by atoms with van der Waals surface area (Å²) in [4.78, 5) is 0. The topological polar surface area (TPSA) is 63.6 Å². The van der Waals surface area contributed by atoms with Crippen molar-refractivity contribution in [2.75, 3.05) is 12.9 Å². The average Bonchev–Trinajstić information content (AvgIpc) is 2.24. The minimum Gasteiger partial charge on any atom is -0.386 e. The van der Waals surface area contributed by atoms with Gasteiger partial charge in [0.15, 0.2) is 0 Å². The fourth-order valence-corrected chi connectivity index (χ4v) is 1.58. The van der Waals surface area contributed by atoms with Crippen molar-refractivity contribution in [1.82, 2.24) is 0 Å². The van der Waals surface area contributed by atoms with E-state index in [1.165, 1.54) is 6.07 Å². The molecule has 0 spiro atoms. The fraction of sp³-hybridized carbons (Fsp3) is 0.400. The first-order chi connectivity index (χ1) is 8.09. The quantitative estimate of drug-likeness (QED) is 0.855. The first kappa shape index (κ1) is 14.9. The molecule has 1 rings (SSSR count). The van der Waals surface area contributed by atoms with Crippen LogP contribution in [0, 0.1) is 0 Å². The van der Waals surface area contributed by atoms with Crippen LogP contribution < -0.4 is 0 Å². The van der Waals surface area contributed by atoms with E-state index in [4.69, 9.17) is 0 Å². The van der Waals surface area contributed by atoms with Crippen molar-refractivity contribution in [3.63, 3.8) is 0 Å². The molecule has 102 valence electrons. The molecule has 1 atom stereocenters. The van der Waals surface area contributed by atoms with Crippen LogP contribution in [0.25, 0.3) is 0 Å². The summed E-state index contributed by atoms with van der Waals surface area (Å²) in [7, 11) is -3.75. The lowest BCUT2D eigenvalue weighted by Gasteiger charge is -2.13. The molecule has 18 heavy (non-hydrogen) atoms. The first-order valence-electron chi connectivity index (χ1n) is 4.79. The fourth-order valence-electron chi connectivity index (χ4n) is 1.21. The number of aliphatic hydroxyl groups excluding tert-OH is 1. The molecule has 1 N–H and O–H groups in total. The van der Waals surface area contributed by atoms with E-state index < -0.39 is 34.6 Å². The van der Waals surface area contributed by atoms with Crippen LogP contribution in [0.1, 0.15) is 17.2 Å². The Kier molecular flexibility index (Phi) is 4.36. The highest BCUT2D eigenvalue weighted by molar-refractivity contribution is 7.85. The maximum Gasteiger partial charge on any atom is 0.416 e. The number of halogens is 3. The molecule has 0 unspecified atom stereocenters. The third-order valence-corrected chi connectivity index (χ3v) is 2.60. The molecule has 1 aromatic carbocycles. The third kappa shape index (κ3) is 4.63. The van der Waals surface area contributed by atoms with E-state index in [1.807, 2.05) is 0 Å². The van der Waals surface area contributed by atoms with Gasteiger partial charge in [0.05, 0.1) is 18.4 Å². The van der Waals surface area contributed by atoms with Gasteiger partial charge in [0.1, 0.15) is 6.10 Å². The van der Waals surface area contributed by atoms with Gasteiger partial charge < -0.3 is 5.11 Å². The smallest absolute Gasteiger partial charge is 0.386 e. The molecule has 0 radical (unpaired) electrons. The molecule has 0 aliphatic carbocycles. The van der Waals surface area contributed by atoms with Crippen LogP contribution >= 0.6 is 0 Å². The van der Waals surface area contributed by atoms with Gasteiger partial charge in [-0.25, -0.2) is 0 Å². The molecule has 1 aromatic rings. The van der Waals surface area contributed by atoms with Gasteiger partial charge in [-0.1, -0.05) is 12.1 Å². The molecular weight excluding hydrogens is 273 g/mol. The van der Waals surface area contributed by atoms with Crippen LogP contribution in [0.4, 0.5) is 13.2 Å². The maximum absolute atomic E-state index is 12.4. The van der Waals surface area contributed by atoms with Crippen LogP contribution in [-0.4, -0.2) is 26.4 Å². The predicted octanol–water partition coefficient (Wildman–Crippen LogP) is 1.72. The Labute approximate surface area is 102 Å². The van der Waals surface area contributed by atoms with Gasteiger partial charge in [-0.05, 0) is 17.7 Å². The summed E-state index contributed by atoms with van der Waals surface area (Å²) >= 11 is 0. The minimum absolute atomic E-state index is 0.0616. The van der Waals surface area contributed by atoms with Crippen LogP contribution in [0.5, 0.6) is 0 Å². The number of hydrogen-bond donors (Lipinski definition) is 1. The van der Waals surface area contributed by atoms with Gasteiger partial charge in [0, 0.05) is 0 Å². The lowest BCUT2D eigenvalue weighted by atomic mass is 10.1. The highest BCUT2D eigenvalue weighted by atomic mass is 32.2. The second kappa shape index (κ2) is 5.25. The molecule has 0 aromatic heterocycles. The monoisotopic (exact) mass is 284 g/mol. The predicted molar refractivity (Wildman–Crippen MR) is 57.2 cm³/mol. The van der Waals surface area contributed by atoms with Gasteiger partial charge in [-0.3, -0.25) is 4.18 Å². The second-order valence-corrected chi connectivity index (χ2v) is 5.27. The Hall–Kier alpha value is -1.12. The van der Waals surface area contributed by atoms with Crippen molar-refractivity contribution in [2.24, 2.45) is 0 Å². The Bertz CT molecular complexity index is 510. The normalized spacial score (nSPS) is 14.5. The summed E-state index contributed by atoms with van der Waals surface area (Å²) in [6, 6.07) is 3.98. The van der Waals surface area contributed by atoms with E-state index >= 15 is 0 Å². The Balaban J connectivity index is 2.84. The molecule has 0 aliphatic heterocycles. The highest BCUT2D eigenvalue weighted by Crippen LogP contribution is 2.30. The van der Waals surface area contributed by atoms with Crippen LogP contribution in [-0.2, 0) is 20.5 Å².